The Morgan fingerprint density at radius 3 is 2.36 bits per heavy atom. The zero-order chi connectivity index (χ0) is 22.8. The summed E-state index contributed by atoms with van der Waals surface area (Å²) >= 11 is 0. The third kappa shape index (κ3) is 8.87. The SMILES string of the molecule is CN=C(NCC1CC(=O)N(CCc2ccccc2)C1)NCC(Nc1ccccc1)C(C)C.I. The van der Waals surface area contributed by atoms with Gasteiger partial charge in [-0.3, -0.25) is 9.79 Å². The molecule has 3 N–H and O–H groups in total. The predicted molar refractivity (Wildman–Crippen MR) is 148 cm³/mol. The summed E-state index contributed by atoms with van der Waals surface area (Å²) in [6.45, 7) is 7.53. The minimum atomic E-state index is 0. The highest BCUT2D eigenvalue weighted by atomic mass is 127. The Morgan fingerprint density at radius 1 is 1.06 bits per heavy atom. The van der Waals surface area contributed by atoms with Crippen LogP contribution in [0.25, 0.3) is 0 Å². The number of anilines is 1. The normalized spacial score (nSPS) is 17.0. The number of guanidine groups is 1. The summed E-state index contributed by atoms with van der Waals surface area (Å²) in [5.41, 5.74) is 2.39. The molecule has 1 aliphatic rings. The van der Waals surface area contributed by atoms with E-state index in [1.807, 2.05) is 41.3 Å². The van der Waals surface area contributed by atoms with Gasteiger partial charge in [0.05, 0.1) is 0 Å². The van der Waals surface area contributed by atoms with Gasteiger partial charge in [0.2, 0.25) is 5.91 Å². The van der Waals surface area contributed by atoms with E-state index in [1.165, 1.54) is 5.56 Å². The summed E-state index contributed by atoms with van der Waals surface area (Å²) < 4.78 is 0. The molecule has 180 valence electrons. The van der Waals surface area contributed by atoms with Crippen LogP contribution in [-0.4, -0.2) is 56.0 Å². The number of nitrogens with zero attached hydrogens (tertiary/aromatic N) is 2. The van der Waals surface area contributed by atoms with Crippen LogP contribution in [0.2, 0.25) is 0 Å². The average Bonchev–Trinajstić information content (AvgIpc) is 3.17. The average molecular weight is 564 g/mol. The molecule has 0 aromatic heterocycles. The number of amides is 1. The fourth-order valence-electron chi connectivity index (χ4n) is 3.99. The van der Waals surface area contributed by atoms with Crippen molar-refractivity contribution in [2.24, 2.45) is 16.8 Å². The number of nitrogens with one attached hydrogen (secondary N) is 3. The highest BCUT2D eigenvalue weighted by molar-refractivity contribution is 14.0. The Labute approximate surface area is 215 Å². The largest absolute Gasteiger partial charge is 0.380 e. The summed E-state index contributed by atoms with van der Waals surface area (Å²) in [4.78, 5) is 18.8. The predicted octanol–water partition coefficient (Wildman–Crippen LogP) is 4.00. The third-order valence-electron chi connectivity index (χ3n) is 6.01. The molecule has 2 aromatic carbocycles. The van der Waals surface area contributed by atoms with Gasteiger partial charge < -0.3 is 20.9 Å². The minimum absolute atomic E-state index is 0. The van der Waals surface area contributed by atoms with E-state index >= 15 is 0 Å². The number of carbonyl (C=O) groups is 1. The molecule has 7 heteroatoms. The highest BCUT2D eigenvalue weighted by Crippen LogP contribution is 2.18. The van der Waals surface area contributed by atoms with E-state index in [0.29, 0.717) is 18.3 Å². The lowest BCUT2D eigenvalue weighted by Crippen LogP contribution is -2.46. The van der Waals surface area contributed by atoms with Crippen LogP contribution >= 0.6 is 24.0 Å². The molecule has 0 spiro atoms. The first kappa shape index (κ1) is 27.0. The number of hydrogen-bond donors (Lipinski definition) is 3. The summed E-state index contributed by atoms with van der Waals surface area (Å²) in [5, 5.41) is 10.5. The van der Waals surface area contributed by atoms with Gasteiger partial charge in [-0.15, -0.1) is 24.0 Å². The lowest BCUT2D eigenvalue weighted by Gasteiger charge is -2.25. The van der Waals surface area contributed by atoms with E-state index in [0.717, 1.165) is 44.2 Å². The number of likely N-dealkylation sites (tertiary alicyclic amines) is 1. The minimum Gasteiger partial charge on any atom is -0.380 e. The fraction of sp³-hybridized carbons (Fsp3) is 0.462. The Bertz CT molecular complexity index is 860. The summed E-state index contributed by atoms with van der Waals surface area (Å²) in [6.07, 6.45) is 1.50. The molecule has 1 saturated heterocycles. The van der Waals surface area contributed by atoms with Crippen molar-refractivity contribution in [1.29, 1.82) is 0 Å². The van der Waals surface area contributed by atoms with Gasteiger partial charge in [0.1, 0.15) is 0 Å². The van der Waals surface area contributed by atoms with E-state index in [2.05, 4.69) is 59.1 Å². The van der Waals surface area contributed by atoms with Crippen LogP contribution in [-0.2, 0) is 11.2 Å². The second-order valence-electron chi connectivity index (χ2n) is 8.84. The Balaban J connectivity index is 0.00000385. The molecule has 2 atom stereocenters. The van der Waals surface area contributed by atoms with E-state index in [-0.39, 0.29) is 35.9 Å². The van der Waals surface area contributed by atoms with Gasteiger partial charge in [-0.25, -0.2) is 0 Å². The first-order chi connectivity index (χ1) is 15.5. The number of para-hydroxylation sites is 1. The van der Waals surface area contributed by atoms with Crippen molar-refractivity contribution in [1.82, 2.24) is 15.5 Å². The lowest BCUT2D eigenvalue weighted by atomic mass is 10.0. The molecule has 1 heterocycles. The molecule has 0 radical (unpaired) electrons. The number of benzene rings is 2. The van der Waals surface area contributed by atoms with Crippen molar-refractivity contribution in [3.63, 3.8) is 0 Å². The van der Waals surface area contributed by atoms with E-state index < -0.39 is 0 Å². The zero-order valence-electron chi connectivity index (χ0n) is 20.0. The molecule has 2 unspecified atom stereocenters. The second kappa shape index (κ2) is 14.1. The quantitative estimate of drug-likeness (QED) is 0.232. The van der Waals surface area contributed by atoms with Crippen LogP contribution in [0, 0.1) is 11.8 Å². The maximum atomic E-state index is 12.4. The molecule has 33 heavy (non-hydrogen) atoms. The smallest absolute Gasteiger partial charge is 0.223 e. The van der Waals surface area contributed by atoms with Crippen molar-refractivity contribution in [2.75, 3.05) is 38.5 Å². The number of rotatable bonds is 10. The van der Waals surface area contributed by atoms with Gasteiger partial charge in [0.15, 0.2) is 5.96 Å². The Hall–Kier alpha value is -2.29. The number of halogens is 1. The van der Waals surface area contributed by atoms with Gasteiger partial charge >= 0.3 is 0 Å². The molecule has 6 nitrogen and oxygen atoms in total. The lowest BCUT2D eigenvalue weighted by molar-refractivity contribution is -0.127. The number of hydrogen-bond acceptors (Lipinski definition) is 3. The van der Waals surface area contributed by atoms with Crippen LogP contribution < -0.4 is 16.0 Å². The summed E-state index contributed by atoms with van der Waals surface area (Å²) in [7, 11) is 1.79. The van der Waals surface area contributed by atoms with E-state index in [1.54, 1.807) is 7.05 Å². The van der Waals surface area contributed by atoms with Crippen molar-refractivity contribution in [3.05, 3.63) is 66.2 Å². The maximum absolute atomic E-state index is 12.4. The molecule has 1 aliphatic heterocycles. The first-order valence-corrected chi connectivity index (χ1v) is 11.6. The van der Waals surface area contributed by atoms with Crippen molar-refractivity contribution in [3.8, 4) is 0 Å². The molecule has 3 rings (SSSR count). The highest BCUT2D eigenvalue weighted by Gasteiger charge is 2.29. The molecule has 2 aromatic rings. The van der Waals surface area contributed by atoms with Crippen LogP contribution in [0.3, 0.4) is 0 Å². The summed E-state index contributed by atoms with van der Waals surface area (Å²) in [5.74, 6) is 1.80. The zero-order valence-corrected chi connectivity index (χ0v) is 22.3. The molecule has 0 saturated carbocycles. The van der Waals surface area contributed by atoms with Gasteiger partial charge in [0, 0.05) is 57.3 Å². The molecule has 1 amide bonds. The van der Waals surface area contributed by atoms with Crippen molar-refractivity contribution < 1.29 is 4.79 Å². The fourth-order valence-corrected chi connectivity index (χ4v) is 3.99. The Morgan fingerprint density at radius 2 is 1.73 bits per heavy atom. The molecular formula is C26H38IN5O. The van der Waals surface area contributed by atoms with Gasteiger partial charge in [0.25, 0.3) is 0 Å². The van der Waals surface area contributed by atoms with Crippen LogP contribution in [0.4, 0.5) is 5.69 Å². The molecule has 0 aliphatic carbocycles. The first-order valence-electron chi connectivity index (χ1n) is 11.6. The van der Waals surface area contributed by atoms with Crippen molar-refractivity contribution >= 4 is 41.5 Å². The van der Waals surface area contributed by atoms with Crippen molar-refractivity contribution in [2.45, 2.75) is 32.7 Å². The molecular weight excluding hydrogens is 525 g/mol. The molecule has 0 bridgehead atoms. The van der Waals surface area contributed by atoms with Gasteiger partial charge in [-0.1, -0.05) is 62.4 Å². The molecule has 1 fully saturated rings. The van der Waals surface area contributed by atoms with Crippen LogP contribution in [0.5, 0.6) is 0 Å². The van der Waals surface area contributed by atoms with E-state index in [9.17, 15) is 4.79 Å². The summed E-state index contributed by atoms with van der Waals surface area (Å²) in [6, 6.07) is 20.9. The topological polar surface area (TPSA) is 68.8 Å². The number of aliphatic imine (C=N–C) groups is 1. The van der Waals surface area contributed by atoms with Crippen LogP contribution in [0.1, 0.15) is 25.8 Å². The van der Waals surface area contributed by atoms with E-state index in [4.69, 9.17) is 0 Å². The standard InChI is InChI=1S/C26H37N5O.HI/c1-20(2)24(30-23-12-8-5-9-13-23)18-29-26(27-3)28-17-22-16-25(32)31(19-22)15-14-21-10-6-4-7-11-21;/h4-13,20,22,24,30H,14-19H2,1-3H3,(H2,27,28,29);1H. The monoisotopic (exact) mass is 563 g/mol. The maximum Gasteiger partial charge on any atom is 0.223 e. The number of carbonyl (C=O) groups excluding carboxylic acids is 1. The second-order valence-corrected chi connectivity index (χ2v) is 8.84. The van der Waals surface area contributed by atoms with Gasteiger partial charge in [-0.2, -0.15) is 0 Å². The Kier molecular flexibility index (Phi) is 11.5. The van der Waals surface area contributed by atoms with Crippen LogP contribution in [0.15, 0.2) is 65.7 Å². The third-order valence-corrected chi connectivity index (χ3v) is 6.01. The van der Waals surface area contributed by atoms with Gasteiger partial charge in [-0.05, 0) is 30.0 Å².